The number of hydrogen-bond acceptors (Lipinski definition) is 18. The summed E-state index contributed by atoms with van der Waals surface area (Å²) in [6.45, 7) is 0.832. The Hall–Kier alpha value is -5.37. The molecule has 5 N–H and O–H groups in total. The first kappa shape index (κ1) is 41.4. The van der Waals surface area contributed by atoms with E-state index in [0.717, 1.165) is 32.9 Å². The first-order valence-corrected chi connectivity index (χ1v) is 16.4. The van der Waals surface area contributed by atoms with Crippen molar-refractivity contribution in [3.8, 4) is 11.5 Å². The van der Waals surface area contributed by atoms with Gasteiger partial charge in [0.25, 0.3) is 0 Å². The molecular formula is C36H40O18. The fourth-order valence-corrected chi connectivity index (χ4v) is 5.31. The van der Waals surface area contributed by atoms with Crippen molar-refractivity contribution in [3.05, 3.63) is 71.8 Å². The van der Waals surface area contributed by atoms with Crippen molar-refractivity contribution in [2.45, 2.75) is 75.6 Å². The summed E-state index contributed by atoms with van der Waals surface area (Å²) in [6.07, 6.45) is -9.66. The van der Waals surface area contributed by atoms with Crippen molar-refractivity contribution in [1.29, 1.82) is 0 Å². The third-order valence-electron chi connectivity index (χ3n) is 7.91. The largest absolute Gasteiger partial charge is 0.508 e. The number of carbonyl (C=O) groups is 5. The molecule has 0 radical (unpaired) electrons. The second-order valence-electron chi connectivity index (χ2n) is 12.1. The van der Waals surface area contributed by atoms with Crippen LogP contribution < -0.4 is 0 Å². The quantitative estimate of drug-likeness (QED) is 0.0982. The minimum atomic E-state index is -2.55. The van der Waals surface area contributed by atoms with Crippen molar-refractivity contribution in [3.63, 3.8) is 0 Å². The Morgan fingerprint density at radius 2 is 1.20 bits per heavy atom. The molecular weight excluding hydrogens is 720 g/mol. The molecule has 2 aliphatic heterocycles. The fraction of sp³-hybridized carbons (Fsp3) is 0.417. The Bertz CT molecular complexity index is 1690. The van der Waals surface area contributed by atoms with Gasteiger partial charge in [-0.15, -0.1) is 0 Å². The molecule has 2 heterocycles. The molecule has 0 amide bonds. The molecule has 4 rings (SSSR count). The molecule has 0 saturated carbocycles. The number of aliphatic hydroxyl groups is 3. The van der Waals surface area contributed by atoms with Crippen molar-refractivity contribution in [1.82, 2.24) is 0 Å². The van der Waals surface area contributed by atoms with Crippen molar-refractivity contribution in [2.24, 2.45) is 0 Å². The molecule has 2 fully saturated rings. The smallest absolute Gasteiger partial charge is 0.331 e. The highest BCUT2D eigenvalue weighted by Crippen LogP contribution is 2.39. The van der Waals surface area contributed by atoms with Crippen LogP contribution in [0.4, 0.5) is 0 Å². The third-order valence-corrected chi connectivity index (χ3v) is 7.91. The predicted octanol–water partition coefficient (Wildman–Crippen LogP) is 0.257. The van der Waals surface area contributed by atoms with Gasteiger partial charge in [0.2, 0.25) is 12.1 Å². The van der Waals surface area contributed by atoms with Crippen LogP contribution in [0, 0.1) is 0 Å². The Labute approximate surface area is 308 Å². The SMILES string of the molecule is CC(=O)OC[C@H]1O[C@H](O[C@]2(COC(C)=O)O[C@H](COC(=O)/C=C/c3ccc(O)cc3)[C@@H](O)[C@@H]2OC(=O)/C=C/c2ccc(O)cc2)[C@H](OC(C)=O)[C@@H](O)[C@@H]1O. The number of rotatable bonds is 14. The summed E-state index contributed by atoms with van der Waals surface area (Å²) in [5.74, 6) is -7.19. The summed E-state index contributed by atoms with van der Waals surface area (Å²) in [4.78, 5) is 61.5. The van der Waals surface area contributed by atoms with Gasteiger partial charge in [0.1, 0.15) is 61.8 Å². The van der Waals surface area contributed by atoms with Gasteiger partial charge in [-0.3, -0.25) is 14.4 Å². The van der Waals surface area contributed by atoms with Crippen molar-refractivity contribution >= 4 is 42.0 Å². The number of carbonyl (C=O) groups excluding carboxylic acids is 5. The van der Waals surface area contributed by atoms with E-state index in [-0.39, 0.29) is 11.5 Å². The van der Waals surface area contributed by atoms with Crippen molar-refractivity contribution < 1.29 is 87.4 Å². The van der Waals surface area contributed by atoms with E-state index in [9.17, 15) is 49.5 Å². The molecule has 18 nitrogen and oxygen atoms in total. The van der Waals surface area contributed by atoms with E-state index in [2.05, 4.69) is 0 Å². The molecule has 0 unspecified atom stereocenters. The van der Waals surface area contributed by atoms with E-state index in [1.807, 2.05) is 0 Å². The highest BCUT2D eigenvalue weighted by Gasteiger charge is 2.62. The zero-order chi connectivity index (χ0) is 39.6. The first-order chi connectivity index (χ1) is 25.6. The predicted molar refractivity (Wildman–Crippen MR) is 179 cm³/mol. The van der Waals surface area contributed by atoms with Crippen LogP contribution in [0.1, 0.15) is 31.9 Å². The summed E-state index contributed by atoms with van der Waals surface area (Å²) in [5.41, 5.74) is 1.00. The molecule has 0 spiro atoms. The monoisotopic (exact) mass is 760 g/mol. The van der Waals surface area contributed by atoms with Gasteiger partial charge < -0.3 is 63.4 Å². The van der Waals surface area contributed by atoms with Gasteiger partial charge in [0, 0.05) is 32.9 Å². The van der Waals surface area contributed by atoms with Crippen LogP contribution >= 0.6 is 0 Å². The number of esters is 5. The van der Waals surface area contributed by atoms with Crippen LogP contribution in [0.15, 0.2) is 60.7 Å². The van der Waals surface area contributed by atoms with Crippen LogP contribution in [0.5, 0.6) is 11.5 Å². The second kappa shape index (κ2) is 18.6. The molecule has 54 heavy (non-hydrogen) atoms. The zero-order valence-electron chi connectivity index (χ0n) is 29.2. The Kier molecular flexibility index (Phi) is 14.3. The Morgan fingerprint density at radius 3 is 1.74 bits per heavy atom. The zero-order valence-corrected chi connectivity index (χ0v) is 29.2. The second-order valence-corrected chi connectivity index (χ2v) is 12.1. The summed E-state index contributed by atoms with van der Waals surface area (Å²) in [6, 6.07) is 11.6. The van der Waals surface area contributed by atoms with Gasteiger partial charge in [-0.2, -0.15) is 0 Å². The average Bonchev–Trinajstić information content (AvgIpc) is 3.37. The van der Waals surface area contributed by atoms with Gasteiger partial charge >= 0.3 is 29.8 Å². The first-order valence-electron chi connectivity index (χ1n) is 16.4. The van der Waals surface area contributed by atoms with Crippen LogP contribution in [0.2, 0.25) is 0 Å². The minimum absolute atomic E-state index is 0.0102. The highest BCUT2D eigenvalue weighted by atomic mass is 16.8. The molecule has 0 aromatic heterocycles. The van der Waals surface area contributed by atoms with Crippen LogP contribution in [0.3, 0.4) is 0 Å². The summed E-state index contributed by atoms with van der Waals surface area (Å²) >= 11 is 0. The van der Waals surface area contributed by atoms with Gasteiger partial charge in [-0.25, -0.2) is 9.59 Å². The van der Waals surface area contributed by atoms with E-state index < -0.39 is 104 Å². The standard InChI is InChI=1S/C36H40O18/c1-19(37)47-16-26-30(44)32(46)33(50-21(3)39)35(51-26)54-36(18-49-20(2)38)34(52-29(43)15-9-23-6-12-25(41)13-7-23)31(45)27(53-36)17-48-28(42)14-8-22-4-10-24(40)11-5-22/h4-15,26-27,30-35,40-41,44-46H,16-18H2,1-3H3/b14-8+,15-9+/t26-,27-,30-,31-,32+,33-,34+,35-,36+/m1/s1. The maximum Gasteiger partial charge on any atom is 0.331 e. The van der Waals surface area contributed by atoms with E-state index in [0.29, 0.717) is 11.1 Å². The topological polar surface area (TPSA) is 260 Å². The van der Waals surface area contributed by atoms with E-state index in [1.165, 1.54) is 60.7 Å². The highest BCUT2D eigenvalue weighted by molar-refractivity contribution is 5.87. The normalized spacial score (nSPS) is 28.0. The summed E-state index contributed by atoms with van der Waals surface area (Å²) in [5, 5.41) is 52.2. The number of hydrogen-bond donors (Lipinski definition) is 5. The number of aliphatic hydroxyl groups excluding tert-OH is 3. The number of phenols is 2. The third kappa shape index (κ3) is 11.3. The van der Waals surface area contributed by atoms with Crippen LogP contribution in [-0.2, 0) is 61.9 Å². The summed E-state index contributed by atoms with van der Waals surface area (Å²) in [7, 11) is 0. The van der Waals surface area contributed by atoms with Gasteiger partial charge in [0.15, 0.2) is 12.2 Å². The van der Waals surface area contributed by atoms with E-state index in [1.54, 1.807) is 0 Å². The molecule has 292 valence electrons. The number of phenolic OH excluding ortho intramolecular Hbond substituents is 2. The van der Waals surface area contributed by atoms with Crippen LogP contribution in [-0.4, -0.2) is 130 Å². The lowest BCUT2D eigenvalue weighted by molar-refractivity contribution is -0.384. The lowest BCUT2D eigenvalue weighted by atomic mass is 9.98. The number of ether oxygens (including phenoxy) is 8. The summed E-state index contributed by atoms with van der Waals surface area (Å²) < 4.78 is 44.1. The minimum Gasteiger partial charge on any atom is -0.508 e. The van der Waals surface area contributed by atoms with E-state index in [4.69, 9.17) is 37.9 Å². The lowest BCUT2D eigenvalue weighted by Gasteiger charge is -2.44. The molecule has 2 aromatic rings. The Morgan fingerprint density at radius 1 is 0.667 bits per heavy atom. The van der Waals surface area contributed by atoms with Crippen molar-refractivity contribution in [2.75, 3.05) is 19.8 Å². The van der Waals surface area contributed by atoms with Gasteiger partial charge in [-0.1, -0.05) is 24.3 Å². The number of aromatic hydroxyl groups is 2. The fourth-order valence-electron chi connectivity index (χ4n) is 5.31. The molecule has 9 atom stereocenters. The molecule has 2 aromatic carbocycles. The van der Waals surface area contributed by atoms with E-state index >= 15 is 0 Å². The molecule has 2 aliphatic rings. The molecule has 18 heteroatoms. The van der Waals surface area contributed by atoms with Crippen LogP contribution in [0.25, 0.3) is 12.2 Å². The Balaban J connectivity index is 1.67. The maximum atomic E-state index is 13.2. The average molecular weight is 761 g/mol. The number of benzene rings is 2. The molecule has 2 saturated heterocycles. The maximum absolute atomic E-state index is 13.2. The molecule has 0 aliphatic carbocycles. The van der Waals surface area contributed by atoms with Gasteiger partial charge in [0.05, 0.1) is 0 Å². The lowest BCUT2D eigenvalue weighted by Crippen LogP contribution is -2.64. The van der Waals surface area contributed by atoms with Gasteiger partial charge in [-0.05, 0) is 47.5 Å². The molecule has 0 bridgehead atoms.